The van der Waals surface area contributed by atoms with Crippen molar-refractivity contribution in [1.29, 1.82) is 0 Å². The molecule has 2 nitrogen and oxygen atoms in total. The third-order valence-electron chi connectivity index (χ3n) is 3.41. The highest BCUT2D eigenvalue weighted by Gasteiger charge is 2.16. The Kier molecular flexibility index (Phi) is 5.14. The normalized spacial score (nSPS) is 14.5. The molecule has 0 fully saturated rings. The molecule has 3 heteroatoms. The van der Waals surface area contributed by atoms with Crippen LogP contribution in [0.3, 0.4) is 0 Å². The van der Waals surface area contributed by atoms with Crippen molar-refractivity contribution in [3.8, 4) is 0 Å². The van der Waals surface area contributed by atoms with E-state index in [9.17, 15) is 0 Å². The van der Waals surface area contributed by atoms with Gasteiger partial charge < -0.3 is 10.2 Å². The summed E-state index contributed by atoms with van der Waals surface area (Å²) in [5.41, 5.74) is 1.34. The quantitative estimate of drug-likeness (QED) is 0.864. The van der Waals surface area contributed by atoms with E-state index in [1.165, 1.54) is 10.4 Å². The first-order valence-corrected chi connectivity index (χ1v) is 7.54. The number of benzene rings is 1. The second-order valence-electron chi connectivity index (χ2n) is 5.04. The van der Waals surface area contributed by atoms with Crippen LogP contribution in [0, 0.1) is 0 Å². The number of nitrogens with one attached hydrogen (secondary N) is 1. The third kappa shape index (κ3) is 3.90. The average molecular weight is 274 g/mol. The highest BCUT2D eigenvalue weighted by Crippen LogP contribution is 2.23. The predicted octanol–water partition coefficient (Wildman–Crippen LogP) is 3.70. The summed E-state index contributed by atoms with van der Waals surface area (Å²) in [5.74, 6) is 0. The van der Waals surface area contributed by atoms with Crippen LogP contribution in [0.15, 0.2) is 47.8 Å². The van der Waals surface area contributed by atoms with Crippen LogP contribution < -0.4 is 5.32 Å². The van der Waals surface area contributed by atoms with Gasteiger partial charge in [0.05, 0.1) is 6.04 Å². The van der Waals surface area contributed by atoms with Crippen LogP contribution in [0.2, 0.25) is 0 Å². The van der Waals surface area contributed by atoms with Crippen molar-refractivity contribution < 1.29 is 0 Å². The molecule has 0 spiro atoms. The fourth-order valence-electron chi connectivity index (χ4n) is 2.17. The molecule has 0 saturated heterocycles. The minimum Gasteiger partial charge on any atom is -0.308 e. The molecule has 102 valence electrons. The molecule has 0 aliphatic carbocycles. The van der Waals surface area contributed by atoms with Crippen molar-refractivity contribution in [2.45, 2.75) is 19.0 Å². The van der Waals surface area contributed by atoms with Gasteiger partial charge in [-0.2, -0.15) is 0 Å². The first-order chi connectivity index (χ1) is 9.18. The second-order valence-corrected chi connectivity index (χ2v) is 6.01. The Labute approximate surface area is 120 Å². The van der Waals surface area contributed by atoms with Gasteiger partial charge in [0, 0.05) is 17.5 Å². The SMILES string of the molecule is CC(NCC(c1cccs1)N(C)C)c1ccccc1. The third-order valence-corrected chi connectivity index (χ3v) is 4.39. The van der Waals surface area contributed by atoms with Gasteiger partial charge in [0.15, 0.2) is 0 Å². The van der Waals surface area contributed by atoms with Crippen LogP contribution in [0.1, 0.15) is 29.4 Å². The van der Waals surface area contributed by atoms with E-state index in [4.69, 9.17) is 0 Å². The molecule has 1 aromatic carbocycles. The Morgan fingerprint density at radius 3 is 2.42 bits per heavy atom. The van der Waals surface area contributed by atoms with Gasteiger partial charge in [-0.05, 0) is 38.0 Å². The van der Waals surface area contributed by atoms with Crippen molar-refractivity contribution in [3.05, 3.63) is 58.3 Å². The Morgan fingerprint density at radius 2 is 1.84 bits per heavy atom. The summed E-state index contributed by atoms with van der Waals surface area (Å²) in [4.78, 5) is 3.69. The van der Waals surface area contributed by atoms with Gasteiger partial charge in [-0.15, -0.1) is 11.3 Å². The highest BCUT2D eigenvalue weighted by atomic mass is 32.1. The van der Waals surface area contributed by atoms with E-state index in [-0.39, 0.29) is 0 Å². The van der Waals surface area contributed by atoms with Crippen molar-refractivity contribution in [1.82, 2.24) is 10.2 Å². The van der Waals surface area contributed by atoms with Crippen LogP contribution in [-0.2, 0) is 0 Å². The molecule has 0 saturated carbocycles. The maximum atomic E-state index is 3.63. The van der Waals surface area contributed by atoms with E-state index in [0.29, 0.717) is 12.1 Å². The molecule has 2 atom stereocenters. The second kappa shape index (κ2) is 6.85. The number of nitrogens with zero attached hydrogens (tertiary/aromatic N) is 1. The lowest BCUT2D eigenvalue weighted by Gasteiger charge is -2.25. The predicted molar refractivity (Wildman–Crippen MR) is 83.6 cm³/mol. The van der Waals surface area contributed by atoms with E-state index in [1.807, 2.05) is 11.3 Å². The monoisotopic (exact) mass is 274 g/mol. The van der Waals surface area contributed by atoms with Gasteiger partial charge in [0.1, 0.15) is 0 Å². The molecule has 0 bridgehead atoms. The molecule has 1 aromatic heterocycles. The van der Waals surface area contributed by atoms with Gasteiger partial charge in [-0.3, -0.25) is 0 Å². The van der Waals surface area contributed by atoms with Crippen LogP contribution in [-0.4, -0.2) is 25.5 Å². The minimum absolute atomic E-state index is 0.378. The standard InChI is InChI=1S/C16H22N2S/c1-13(14-8-5-4-6-9-14)17-12-15(18(2)3)16-10-7-11-19-16/h4-11,13,15,17H,12H2,1-3H3. The number of hydrogen-bond donors (Lipinski definition) is 1. The Hall–Kier alpha value is -1.16. The maximum Gasteiger partial charge on any atom is 0.0561 e. The van der Waals surface area contributed by atoms with Crippen LogP contribution in [0.5, 0.6) is 0 Å². The van der Waals surface area contributed by atoms with Crippen LogP contribution in [0.25, 0.3) is 0 Å². The molecule has 0 aliphatic heterocycles. The molecule has 0 radical (unpaired) electrons. The van der Waals surface area contributed by atoms with Gasteiger partial charge >= 0.3 is 0 Å². The molecule has 1 N–H and O–H groups in total. The van der Waals surface area contributed by atoms with Crippen LogP contribution >= 0.6 is 11.3 Å². The zero-order chi connectivity index (χ0) is 13.7. The summed E-state index contributed by atoms with van der Waals surface area (Å²) in [6.45, 7) is 3.18. The lowest BCUT2D eigenvalue weighted by molar-refractivity contribution is 0.285. The molecular formula is C16H22N2S. The first-order valence-electron chi connectivity index (χ1n) is 6.66. The highest BCUT2D eigenvalue weighted by molar-refractivity contribution is 7.10. The summed E-state index contributed by atoms with van der Waals surface area (Å²) in [5, 5.41) is 5.78. The summed E-state index contributed by atoms with van der Waals surface area (Å²) in [6, 6.07) is 15.7. The molecule has 2 unspecified atom stereocenters. The molecule has 0 amide bonds. The van der Waals surface area contributed by atoms with E-state index >= 15 is 0 Å². The zero-order valence-corrected chi connectivity index (χ0v) is 12.7. The minimum atomic E-state index is 0.378. The van der Waals surface area contributed by atoms with Crippen molar-refractivity contribution >= 4 is 11.3 Å². The van der Waals surface area contributed by atoms with Gasteiger partial charge in [-0.1, -0.05) is 36.4 Å². The Morgan fingerprint density at radius 1 is 1.11 bits per heavy atom. The Balaban J connectivity index is 1.96. The number of thiophene rings is 1. The first kappa shape index (κ1) is 14.3. The molecule has 0 aliphatic rings. The van der Waals surface area contributed by atoms with Crippen molar-refractivity contribution in [2.24, 2.45) is 0 Å². The lowest BCUT2D eigenvalue weighted by Crippen LogP contribution is -2.32. The fourth-order valence-corrected chi connectivity index (χ4v) is 3.09. The largest absolute Gasteiger partial charge is 0.308 e. The summed E-state index contributed by atoms with van der Waals surface area (Å²) < 4.78 is 0. The number of likely N-dealkylation sites (N-methyl/N-ethyl adjacent to an activating group) is 1. The van der Waals surface area contributed by atoms with Gasteiger partial charge in [0.2, 0.25) is 0 Å². The van der Waals surface area contributed by atoms with E-state index < -0.39 is 0 Å². The van der Waals surface area contributed by atoms with Gasteiger partial charge in [0.25, 0.3) is 0 Å². The topological polar surface area (TPSA) is 15.3 Å². The lowest BCUT2D eigenvalue weighted by atomic mass is 10.1. The van der Waals surface area contributed by atoms with Crippen molar-refractivity contribution in [3.63, 3.8) is 0 Å². The van der Waals surface area contributed by atoms with E-state index in [2.05, 4.69) is 79.1 Å². The molecule has 1 heterocycles. The Bertz CT molecular complexity index is 465. The number of hydrogen-bond acceptors (Lipinski definition) is 3. The molecular weight excluding hydrogens is 252 g/mol. The van der Waals surface area contributed by atoms with Crippen molar-refractivity contribution in [2.75, 3.05) is 20.6 Å². The molecule has 2 rings (SSSR count). The average Bonchev–Trinajstić information content (AvgIpc) is 2.93. The fraction of sp³-hybridized carbons (Fsp3) is 0.375. The molecule has 19 heavy (non-hydrogen) atoms. The van der Waals surface area contributed by atoms with E-state index in [1.54, 1.807) is 0 Å². The van der Waals surface area contributed by atoms with Gasteiger partial charge in [-0.25, -0.2) is 0 Å². The summed E-state index contributed by atoms with van der Waals surface area (Å²) in [6.07, 6.45) is 0. The number of rotatable bonds is 6. The van der Waals surface area contributed by atoms with E-state index in [0.717, 1.165) is 6.54 Å². The molecule has 2 aromatic rings. The van der Waals surface area contributed by atoms with Crippen LogP contribution in [0.4, 0.5) is 0 Å². The summed E-state index contributed by atoms with van der Waals surface area (Å²) >= 11 is 1.83. The zero-order valence-electron chi connectivity index (χ0n) is 11.8. The summed E-state index contributed by atoms with van der Waals surface area (Å²) in [7, 11) is 4.28. The smallest absolute Gasteiger partial charge is 0.0561 e. The maximum absolute atomic E-state index is 3.63.